The summed E-state index contributed by atoms with van der Waals surface area (Å²) in [4.78, 5) is 36.0. The molecule has 0 atom stereocenters. The van der Waals surface area contributed by atoms with Gasteiger partial charge >= 0.3 is 5.63 Å². The summed E-state index contributed by atoms with van der Waals surface area (Å²) >= 11 is 0. The van der Waals surface area contributed by atoms with E-state index in [0.29, 0.717) is 35.7 Å². The first-order valence-electron chi connectivity index (χ1n) is 12.1. The van der Waals surface area contributed by atoms with E-state index in [1.807, 2.05) is 56.0 Å². The minimum Gasteiger partial charge on any atom is -0.461 e. The van der Waals surface area contributed by atoms with E-state index in [9.17, 15) is 9.59 Å². The molecule has 1 amide bonds. The Balaban J connectivity index is 1.22. The fourth-order valence-corrected chi connectivity index (χ4v) is 5.26. The highest BCUT2D eigenvalue weighted by atomic mass is 16.4. The molecule has 1 fully saturated rings. The molecule has 3 aromatic heterocycles. The molecule has 1 aliphatic heterocycles. The number of carbonyl (C=O) groups excluding carboxylic acids is 1. The smallest absolute Gasteiger partial charge is 0.340 e. The van der Waals surface area contributed by atoms with E-state index < -0.39 is 5.63 Å². The van der Waals surface area contributed by atoms with E-state index in [4.69, 9.17) is 13.8 Å². The van der Waals surface area contributed by atoms with E-state index in [1.165, 1.54) is 0 Å². The molecule has 5 aromatic rings. The number of imidazole rings is 1. The first-order chi connectivity index (χ1) is 16.9. The fourth-order valence-electron chi connectivity index (χ4n) is 5.26. The Hall–Kier alpha value is -3.87. The molecule has 0 aliphatic carbocycles. The zero-order chi connectivity index (χ0) is 24.3. The number of nitrogens with one attached hydrogen (secondary N) is 1. The third kappa shape index (κ3) is 3.62. The van der Waals surface area contributed by atoms with Crippen molar-refractivity contribution in [1.82, 2.24) is 14.9 Å². The van der Waals surface area contributed by atoms with Crippen LogP contribution in [0.2, 0.25) is 0 Å². The molecule has 178 valence electrons. The molecule has 4 heterocycles. The molecule has 35 heavy (non-hydrogen) atoms. The Kier molecular flexibility index (Phi) is 5.02. The molecular weight excluding hydrogens is 442 g/mol. The standard InChI is InChI=1S/C28H27N3O4/c1-15-17(3)34-24-14-25-20(12-19(15)24)16(2)21(28(33)35-25)13-26(32)31-10-8-18(9-11-31)27-29-22-6-4-5-7-23(22)30-27/h4-7,12,14,18H,8-11,13H2,1-3H3,(H,29,30). The van der Waals surface area contributed by atoms with Crippen LogP contribution >= 0.6 is 0 Å². The van der Waals surface area contributed by atoms with Crippen LogP contribution in [0.25, 0.3) is 33.0 Å². The van der Waals surface area contributed by atoms with E-state index in [2.05, 4.69) is 4.98 Å². The molecule has 7 nitrogen and oxygen atoms in total. The lowest BCUT2D eigenvalue weighted by Crippen LogP contribution is -2.39. The van der Waals surface area contributed by atoms with E-state index >= 15 is 0 Å². The average Bonchev–Trinajstić information content (AvgIpc) is 3.41. The van der Waals surface area contributed by atoms with Gasteiger partial charge in [0.25, 0.3) is 0 Å². The van der Waals surface area contributed by atoms with Crippen molar-refractivity contribution in [3.05, 3.63) is 75.1 Å². The van der Waals surface area contributed by atoms with Crippen molar-refractivity contribution in [1.29, 1.82) is 0 Å². The molecule has 0 radical (unpaired) electrons. The van der Waals surface area contributed by atoms with Gasteiger partial charge < -0.3 is 18.7 Å². The van der Waals surface area contributed by atoms with Gasteiger partial charge in [-0.2, -0.15) is 0 Å². The first-order valence-corrected chi connectivity index (χ1v) is 12.1. The summed E-state index contributed by atoms with van der Waals surface area (Å²) < 4.78 is 11.4. The minimum atomic E-state index is -0.458. The Morgan fingerprint density at radius 2 is 1.74 bits per heavy atom. The van der Waals surface area contributed by atoms with Crippen LogP contribution in [0.3, 0.4) is 0 Å². The number of hydrogen-bond donors (Lipinski definition) is 1. The summed E-state index contributed by atoms with van der Waals surface area (Å²) in [6.45, 7) is 7.12. The lowest BCUT2D eigenvalue weighted by molar-refractivity contribution is -0.131. The molecule has 0 saturated carbocycles. The predicted molar refractivity (Wildman–Crippen MR) is 135 cm³/mol. The third-order valence-corrected chi connectivity index (χ3v) is 7.55. The number of aromatic amines is 1. The second kappa shape index (κ2) is 8.12. The van der Waals surface area contributed by atoms with Crippen molar-refractivity contribution in [2.24, 2.45) is 0 Å². The molecule has 2 aromatic carbocycles. The molecule has 1 saturated heterocycles. The van der Waals surface area contributed by atoms with Gasteiger partial charge in [-0.15, -0.1) is 0 Å². The zero-order valence-electron chi connectivity index (χ0n) is 20.1. The summed E-state index contributed by atoms with van der Waals surface area (Å²) in [5, 5.41) is 1.84. The quantitative estimate of drug-likeness (QED) is 0.363. The highest BCUT2D eigenvalue weighted by molar-refractivity contribution is 5.97. The molecule has 0 unspecified atom stereocenters. The molecule has 0 bridgehead atoms. The number of furan rings is 1. The van der Waals surface area contributed by atoms with Gasteiger partial charge in [0.2, 0.25) is 5.91 Å². The van der Waals surface area contributed by atoms with Crippen molar-refractivity contribution in [2.45, 2.75) is 46.0 Å². The summed E-state index contributed by atoms with van der Waals surface area (Å²) in [6, 6.07) is 11.8. The number of hydrogen-bond acceptors (Lipinski definition) is 5. The molecule has 0 spiro atoms. The highest BCUT2D eigenvalue weighted by Crippen LogP contribution is 2.32. The first kappa shape index (κ1) is 21.6. The average molecular weight is 470 g/mol. The summed E-state index contributed by atoms with van der Waals surface area (Å²) in [5.74, 6) is 2.08. The van der Waals surface area contributed by atoms with Crippen LogP contribution in [0.15, 0.2) is 50.0 Å². The Morgan fingerprint density at radius 1 is 1.03 bits per heavy atom. The van der Waals surface area contributed by atoms with Gasteiger partial charge in [-0.3, -0.25) is 4.79 Å². The van der Waals surface area contributed by atoms with E-state index in [1.54, 1.807) is 6.07 Å². The number of carbonyl (C=O) groups is 1. The lowest BCUT2D eigenvalue weighted by Gasteiger charge is -2.31. The van der Waals surface area contributed by atoms with Gasteiger partial charge in [-0.25, -0.2) is 9.78 Å². The number of aryl methyl sites for hydroxylation is 3. The number of para-hydroxylation sites is 2. The highest BCUT2D eigenvalue weighted by Gasteiger charge is 2.27. The fraction of sp³-hybridized carbons (Fsp3) is 0.321. The molecule has 7 heteroatoms. The molecule has 6 rings (SSSR count). The van der Waals surface area contributed by atoms with Crippen molar-refractivity contribution < 1.29 is 13.6 Å². The van der Waals surface area contributed by atoms with Crippen LogP contribution in [0.1, 0.15) is 47.0 Å². The van der Waals surface area contributed by atoms with Gasteiger partial charge in [0.1, 0.15) is 22.8 Å². The summed E-state index contributed by atoms with van der Waals surface area (Å²) in [7, 11) is 0. The Morgan fingerprint density at radius 3 is 2.51 bits per heavy atom. The number of H-pyrrole nitrogens is 1. The van der Waals surface area contributed by atoms with Crippen LogP contribution in [-0.4, -0.2) is 33.9 Å². The predicted octanol–water partition coefficient (Wildman–Crippen LogP) is 5.29. The topological polar surface area (TPSA) is 92.3 Å². The maximum Gasteiger partial charge on any atom is 0.340 e. The van der Waals surface area contributed by atoms with Gasteiger partial charge in [0.05, 0.1) is 23.0 Å². The lowest BCUT2D eigenvalue weighted by atomic mass is 9.95. The third-order valence-electron chi connectivity index (χ3n) is 7.55. The summed E-state index contributed by atoms with van der Waals surface area (Å²) in [5.41, 5.74) is 5.02. The number of piperidine rings is 1. The number of likely N-dealkylation sites (tertiary alicyclic amines) is 1. The van der Waals surface area contributed by atoms with Gasteiger partial charge in [0, 0.05) is 35.8 Å². The van der Waals surface area contributed by atoms with Gasteiger partial charge in [0.15, 0.2) is 0 Å². The largest absolute Gasteiger partial charge is 0.461 e. The maximum atomic E-state index is 13.2. The van der Waals surface area contributed by atoms with E-state index in [-0.39, 0.29) is 12.3 Å². The number of aromatic nitrogens is 2. The molecule has 1 aliphatic rings. The number of amides is 1. The summed E-state index contributed by atoms with van der Waals surface area (Å²) in [6.07, 6.45) is 1.72. The van der Waals surface area contributed by atoms with Gasteiger partial charge in [-0.05, 0) is 62.9 Å². The number of benzene rings is 2. The zero-order valence-corrected chi connectivity index (χ0v) is 20.1. The SMILES string of the molecule is Cc1oc2cc3oc(=O)c(CC(=O)N4CCC(c5nc6ccccc6[nH]5)CC4)c(C)c3cc2c1C. The maximum absolute atomic E-state index is 13.2. The van der Waals surface area contributed by atoms with Gasteiger partial charge in [-0.1, -0.05) is 12.1 Å². The van der Waals surface area contributed by atoms with Crippen molar-refractivity contribution >= 4 is 38.9 Å². The number of rotatable bonds is 3. The van der Waals surface area contributed by atoms with Crippen LogP contribution in [0.5, 0.6) is 0 Å². The van der Waals surface area contributed by atoms with E-state index in [0.717, 1.165) is 57.4 Å². The normalized spacial score (nSPS) is 15.0. The van der Waals surface area contributed by atoms with Crippen LogP contribution < -0.4 is 5.63 Å². The van der Waals surface area contributed by atoms with Crippen LogP contribution in [0, 0.1) is 20.8 Å². The Bertz CT molecular complexity index is 1630. The van der Waals surface area contributed by atoms with Crippen molar-refractivity contribution in [2.75, 3.05) is 13.1 Å². The van der Waals surface area contributed by atoms with Crippen LogP contribution in [0.4, 0.5) is 0 Å². The number of fused-ring (bicyclic) bond motifs is 3. The number of nitrogens with zero attached hydrogens (tertiary/aromatic N) is 2. The monoisotopic (exact) mass is 469 g/mol. The minimum absolute atomic E-state index is 0.0424. The van der Waals surface area contributed by atoms with Crippen molar-refractivity contribution in [3.8, 4) is 0 Å². The van der Waals surface area contributed by atoms with Crippen LogP contribution in [-0.2, 0) is 11.2 Å². The van der Waals surface area contributed by atoms with Crippen molar-refractivity contribution in [3.63, 3.8) is 0 Å². The second-order valence-electron chi connectivity index (χ2n) is 9.59. The second-order valence-corrected chi connectivity index (χ2v) is 9.59. The molecule has 1 N–H and O–H groups in total. The Labute approximate surface area is 201 Å². The molecular formula is C28H27N3O4.